The molecule has 0 aromatic rings. The molecular formula is C17H28O. The van der Waals surface area contributed by atoms with Gasteiger partial charge in [-0.1, -0.05) is 36.6 Å². The summed E-state index contributed by atoms with van der Waals surface area (Å²) < 4.78 is 0. The first-order valence-corrected chi connectivity index (χ1v) is 7.33. The van der Waals surface area contributed by atoms with Gasteiger partial charge in [0.2, 0.25) is 0 Å². The molecule has 1 aliphatic rings. The van der Waals surface area contributed by atoms with Gasteiger partial charge in [-0.25, -0.2) is 0 Å². The summed E-state index contributed by atoms with van der Waals surface area (Å²) in [6.45, 7) is 8.55. The van der Waals surface area contributed by atoms with Gasteiger partial charge in [0.25, 0.3) is 0 Å². The normalized spacial score (nSPS) is 25.1. The van der Waals surface area contributed by atoms with Crippen LogP contribution in [0.1, 0.15) is 66.2 Å². The van der Waals surface area contributed by atoms with Crippen LogP contribution in [-0.4, -0.2) is 5.78 Å². The van der Waals surface area contributed by atoms with Crippen LogP contribution in [0.4, 0.5) is 0 Å². The summed E-state index contributed by atoms with van der Waals surface area (Å²) >= 11 is 0. The molecule has 2 atom stereocenters. The second-order valence-electron chi connectivity index (χ2n) is 6.04. The van der Waals surface area contributed by atoms with E-state index in [1.165, 1.54) is 17.6 Å². The van der Waals surface area contributed by atoms with Crippen LogP contribution < -0.4 is 0 Å². The molecular weight excluding hydrogens is 220 g/mol. The maximum atomic E-state index is 12.0. The van der Waals surface area contributed by atoms with Gasteiger partial charge in [0.15, 0.2) is 0 Å². The summed E-state index contributed by atoms with van der Waals surface area (Å²) in [6, 6.07) is 0. The first-order chi connectivity index (χ1) is 8.50. The Morgan fingerprint density at radius 1 is 1.22 bits per heavy atom. The van der Waals surface area contributed by atoms with E-state index in [2.05, 4.69) is 39.8 Å². The highest BCUT2D eigenvalue weighted by Crippen LogP contribution is 2.28. The van der Waals surface area contributed by atoms with Crippen molar-refractivity contribution in [2.75, 3.05) is 0 Å². The Bertz CT molecular complexity index is 332. The number of rotatable bonds is 5. The van der Waals surface area contributed by atoms with Crippen molar-refractivity contribution in [3.8, 4) is 0 Å². The molecule has 1 saturated carbocycles. The Hall–Kier alpha value is -0.850. The number of allylic oxidation sites excluding steroid dienone is 4. The number of carbonyl (C=O) groups is 1. The largest absolute Gasteiger partial charge is 0.299 e. The molecule has 1 nitrogen and oxygen atoms in total. The molecule has 0 aromatic heterocycles. The van der Waals surface area contributed by atoms with E-state index in [-0.39, 0.29) is 0 Å². The lowest BCUT2D eigenvalue weighted by atomic mass is 9.79. The lowest BCUT2D eigenvalue weighted by Crippen LogP contribution is -2.26. The van der Waals surface area contributed by atoms with E-state index >= 15 is 0 Å². The molecule has 0 bridgehead atoms. The third-order valence-electron chi connectivity index (χ3n) is 3.92. The van der Waals surface area contributed by atoms with Crippen molar-refractivity contribution in [1.29, 1.82) is 0 Å². The Kier molecular flexibility index (Phi) is 6.38. The number of Topliss-reactive ketones (excluding diaryl/α,β-unsaturated/α-hetero) is 1. The molecule has 18 heavy (non-hydrogen) atoms. The zero-order valence-corrected chi connectivity index (χ0v) is 12.5. The minimum atomic E-state index is 0.295. The van der Waals surface area contributed by atoms with E-state index in [0.717, 1.165) is 32.1 Å². The second kappa shape index (κ2) is 7.56. The third-order valence-corrected chi connectivity index (χ3v) is 3.92. The van der Waals surface area contributed by atoms with E-state index in [1.807, 2.05) is 0 Å². The predicted molar refractivity (Wildman–Crippen MR) is 78.6 cm³/mol. The van der Waals surface area contributed by atoms with Gasteiger partial charge in [-0.3, -0.25) is 4.79 Å². The number of carbonyl (C=O) groups excluding carboxylic acids is 1. The zero-order chi connectivity index (χ0) is 13.5. The fourth-order valence-corrected chi connectivity index (χ4v) is 2.63. The molecule has 1 heteroatoms. The summed E-state index contributed by atoms with van der Waals surface area (Å²) in [5, 5.41) is 0. The van der Waals surface area contributed by atoms with Crippen molar-refractivity contribution in [2.24, 2.45) is 11.8 Å². The van der Waals surface area contributed by atoms with Crippen molar-refractivity contribution < 1.29 is 4.79 Å². The lowest BCUT2D eigenvalue weighted by molar-refractivity contribution is -0.128. The van der Waals surface area contributed by atoms with Gasteiger partial charge >= 0.3 is 0 Å². The molecule has 0 heterocycles. The average molecular weight is 248 g/mol. The molecule has 0 amide bonds. The highest BCUT2D eigenvalue weighted by Gasteiger charge is 2.26. The van der Waals surface area contributed by atoms with Gasteiger partial charge in [0.1, 0.15) is 5.78 Å². The zero-order valence-electron chi connectivity index (χ0n) is 12.5. The van der Waals surface area contributed by atoms with Crippen LogP contribution in [-0.2, 0) is 4.79 Å². The van der Waals surface area contributed by atoms with Gasteiger partial charge in [0, 0.05) is 11.8 Å². The van der Waals surface area contributed by atoms with Crippen LogP contribution in [0.5, 0.6) is 0 Å². The second-order valence-corrected chi connectivity index (χ2v) is 6.04. The minimum Gasteiger partial charge on any atom is -0.299 e. The number of hydrogen-bond acceptors (Lipinski definition) is 1. The van der Waals surface area contributed by atoms with E-state index in [4.69, 9.17) is 0 Å². The first kappa shape index (κ1) is 15.2. The third kappa shape index (κ3) is 5.20. The lowest BCUT2D eigenvalue weighted by Gasteiger charge is -2.24. The van der Waals surface area contributed by atoms with E-state index in [1.54, 1.807) is 0 Å². The molecule has 1 fully saturated rings. The van der Waals surface area contributed by atoms with Crippen LogP contribution >= 0.6 is 0 Å². The van der Waals surface area contributed by atoms with Crippen molar-refractivity contribution in [2.45, 2.75) is 66.2 Å². The summed E-state index contributed by atoms with van der Waals surface area (Å²) in [4.78, 5) is 12.0. The molecule has 0 radical (unpaired) electrons. The smallest absolute Gasteiger partial charge is 0.139 e. The van der Waals surface area contributed by atoms with Gasteiger partial charge in [-0.05, 0) is 52.9 Å². The quantitative estimate of drug-likeness (QED) is 0.620. The van der Waals surface area contributed by atoms with E-state index in [9.17, 15) is 4.79 Å². The van der Waals surface area contributed by atoms with Crippen LogP contribution in [0.2, 0.25) is 0 Å². The Balaban J connectivity index is 2.38. The molecule has 0 saturated heterocycles. The molecule has 0 spiro atoms. The number of ketones is 1. The Morgan fingerprint density at radius 3 is 2.61 bits per heavy atom. The fourth-order valence-electron chi connectivity index (χ4n) is 2.63. The van der Waals surface area contributed by atoms with Gasteiger partial charge in [-0.15, -0.1) is 0 Å². The summed E-state index contributed by atoms with van der Waals surface area (Å²) in [5.41, 5.74) is 2.82. The molecule has 2 unspecified atom stereocenters. The standard InChI is InChI=1S/C17H28O/c1-13(2)7-5-8-14(3)11-12-16-10-6-9-15(4)17(16)18/h7,11,15-16H,5-6,8-10,12H2,1-4H3/b14-11-. The Morgan fingerprint density at radius 2 is 1.94 bits per heavy atom. The predicted octanol–water partition coefficient (Wildman–Crippen LogP) is 5.07. The molecule has 0 aliphatic heterocycles. The topological polar surface area (TPSA) is 17.1 Å². The van der Waals surface area contributed by atoms with Crippen LogP contribution in [0.15, 0.2) is 23.3 Å². The minimum absolute atomic E-state index is 0.295. The van der Waals surface area contributed by atoms with Crippen molar-refractivity contribution in [3.63, 3.8) is 0 Å². The van der Waals surface area contributed by atoms with E-state index in [0.29, 0.717) is 17.6 Å². The maximum Gasteiger partial charge on any atom is 0.139 e. The van der Waals surface area contributed by atoms with Crippen LogP contribution in [0.3, 0.4) is 0 Å². The van der Waals surface area contributed by atoms with Crippen molar-refractivity contribution >= 4 is 5.78 Å². The molecule has 0 aromatic carbocycles. The molecule has 1 aliphatic carbocycles. The highest BCUT2D eigenvalue weighted by molar-refractivity contribution is 5.83. The summed E-state index contributed by atoms with van der Waals surface area (Å²) in [5.74, 6) is 1.09. The Labute approximate surface area is 112 Å². The van der Waals surface area contributed by atoms with E-state index < -0.39 is 0 Å². The van der Waals surface area contributed by atoms with Crippen molar-refractivity contribution in [1.82, 2.24) is 0 Å². The van der Waals surface area contributed by atoms with Crippen LogP contribution in [0.25, 0.3) is 0 Å². The summed E-state index contributed by atoms with van der Waals surface area (Å²) in [6.07, 6.45) is 11.2. The number of hydrogen-bond donors (Lipinski definition) is 0. The van der Waals surface area contributed by atoms with Crippen molar-refractivity contribution in [3.05, 3.63) is 23.3 Å². The molecule has 1 rings (SSSR count). The molecule has 102 valence electrons. The summed E-state index contributed by atoms with van der Waals surface area (Å²) in [7, 11) is 0. The fraction of sp³-hybridized carbons (Fsp3) is 0.706. The average Bonchev–Trinajstić information content (AvgIpc) is 2.30. The van der Waals surface area contributed by atoms with Gasteiger partial charge in [0.05, 0.1) is 0 Å². The monoisotopic (exact) mass is 248 g/mol. The SMILES string of the molecule is CC(C)=CCC/C(C)=C\CC1CCCC(C)C1=O. The van der Waals surface area contributed by atoms with Gasteiger partial charge < -0.3 is 0 Å². The highest BCUT2D eigenvalue weighted by atomic mass is 16.1. The molecule has 0 N–H and O–H groups in total. The first-order valence-electron chi connectivity index (χ1n) is 7.33. The van der Waals surface area contributed by atoms with Gasteiger partial charge in [-0.2, -0.15) is 0 Å². The maximum absolute atomic E-state index is 12.0. The van der Waals surface area contributed by atoms with Crippen LogP contribution in [0, 0.1) is 11.8 Å².